The van der Waals surface area contributed by atoms with Crippen molar-refractivity contribution < 1.29 is 18.0 Å². The van der Waals surface area contributed by atoms with Gasteiger partial charge in [-0.25, -0.2) is 0 Å². The first-order valence-electron chi connectivity index (χ1n) is 10.2. The monoisotopic (exact) mass is 419 g/mol. The maximum Gasteiger partial charge on any atom is 0.417 e. The number of amides is 1. The number of anilines is 1. The molecule has 8 heteroatoms. The molecule has 0 atom stereocenters. The van der Waals surface area contributed by atoms with Gasteiger partial charge < -0.3 is 14.4 Å². The third-order valence-electron chi connectivity index (χ3n) is 6.05. The summed E-state index contributed by atoms with van der Waals surface area (Å²) in [5.74, 6) is 0.151. The second-order valence-electron chi connectivity index (χ2n) is 8.03. The summed E-state index contributed by atoms with van der Waals surface area (Å²) in [6.07, 6.45) is -1.08. The number of benzene rings is 1. The van der Waals surface area contributed by atoms with E-state index in [4.69, 9.17) is 0 Å². The number of aromatic nitrogens is 1. The van der Waals surface area contributed by atoms with Crippen LogP contribution in [0.5, 0.6) is 0 Å². The number of rotatable bonds is 4. The molecule has 0 radical (unpaired) electrons. The summed E-state index contributed by atoms with van der Waals surface area (Å²) in [5, 5.41) is 0. The zero-order chi connectivity index (χ0) is 21.3. The lowest BCUT2D eigenvalue weighted by Crippen LogP contribution is -2.43. The summed E-state index contributed by atoms with van der Waals surface area (Å²) >= 11 is 0. The molecule has 0 unspecified atom stereocenters. The number of para-hydroxylation sites is 1. The zero-order valence-corrected chi connectivity index (χ0v) is 16.6. The van der Waals surface area contributed by atoms with E-state index >= 15 is 0 Å². The number of halogens is 3. The number of hydrogen-bond acceptors (Lipinski definition) is 3. The molecule has 1 aromatic carbocycles. The molecule has 160 valence electrons. The first kappa shape index (κ1) is 20.5. The van der Waals surface area contributed by atoms with Gasteiger partial charge in [0.15, 0.2) is 0 Å². The van der Waals surface area contributed by atoms with Gasteiger partial charge in [-0.05, 0) is 42.9 Å². The molecule has 3 heterocycles. The molecule has 1 fully saturated rings. The van der Waals surface area contributed by atoms with Crippen molar-refractivity contribution in [2.24, 2.45) is 5.92 Å². The van der Waals surface area contributed by atoms with E-state index in [1.807, 2.05) is 6.07 Å². The molecule has 1 amide bonds. The van der Waals surface area contributed by atoms with Gasteiger partial charge >= 0.3 is 6.18 Å². The molecule has 0 bridgehead atoms. The zero-order valence-electron chi connectivity index (χ0n) is 16.6. The number of nitrogens with zero attached hydrogens (tertiary/aromatic N) is 3. The number of carbonyl (C=O) groups is 1. The Kier molecular flexibility index (Phi) is 5.58. The van der Waals surface area contributed by atoms with Gasteiger partial charge in [0.2, 0.25) is 5.91 Å². The molecular formula is C22H24F3N3O2. The second-order valence-corrected chi connectivity index (χ2v) is 8.03. The Morgan fingerprint density at radius 2 is 1.77 bits per heavy atom. The van der Waals surface area contributed by atoms with Crippen molar-refractivity contribution in [2.75, 3.05) is 31.1 Å². The van der Waals surface area contributed by atoms with Crippen LogP contribution in [0.1, 0.15) is 24.0 Å². The summed E-state index contributed by atoms with van der Waals surface area (Å²) in [6, 6.07) is 10.0. The summed E-state index contributed by atoms with van der Waals surface area (Å²) in [4.78, 5) is 28.5. The Hall–Kier alpha value is -2.77. The molecule has 2 aliphatic rings. The van der Waals surface area contributed by atoms with Crippen LogP contribution in [-0.4, -0.2) is 41.6 Å². The summed E-state index contributed by atoms with van der Waals surface area (Å²) < 4.78 is 39.5. The van der Waals surface area contributed by atoms with Crippen LogP contribution in [0.25, 0.3) is 0 Å². The molecule has 2 aromatic rings. The molecule has 2 aliphatic heterocycles. The molecule has 4 rings (SSSR count). The number of pyridine rings is 1. The largest absolute Gasteiger partial charge is 0.417 e. The minimum Gasteiger partial charge on any atom is -0.371 e. The van der Waals surface area contributed by atoms with Crippen LogP contribution in [0, 0.1) is 5.92 Å². The smallest absolute Gasteiger partial charge is 0.371 e. The highest BCUT2D eigenvalue weighted by molar-refractivity contribution is 5.76. The highest BCUT2D eigenvalue weighted by Gasteiger charge is 2.32. The van der Waals surface area contributed by atoms with Gasteiger partial charge in [0.25, 0.3) is 5.56 Å². The first-order valence-corrected chi connectivity index (χ1v) is 10.2. The van der Waals surface area contributed by atoms with Crippen molar-refractivity contribution in [3.63, 3.8) is 0 Å². The molecule has 0 spiro atoms. The van der Waals surface area contributed by atoms with Crippen molar-refractivity contribution in [1.82, 2.24) is 9.47 Å². The molecular weight excluding hydrogens is 395 g/mol. The number of piperidine rings is 1. The lowest BCUT2D eigenvalue weighted by atomic mass is 9.96. The Bertz CT molecular complexity index is 978. The standard InChI is InChI=1S/C22H24F3N3O2/c23-22(24,25)18-5-6-20(29)28(14-18)15-21(30)26-10-7-16(8-11-26)13-27-12-9-17-3-1-2-4-19(17)27/h1-6,14,16H,7-13,15H2. The van der Waals surface area contributed by atoms with Crippen molar-refractivity contribution in [1.29, 1.82) is 0 Å². The van der Waals surface area contributed by atoms with Gasteiger partial charge in [0, 0.05) is 44.1 Å². The third-order valence-corrected chi connectivity index (χ3v) is 6.05. The van der Waals surface area contributed by atoms with E-state index in [0.29, 0.717) is 19.0 Å². The lowest BCUT2D eigenvalue weighted by molar-refractivity contribution is -0.139. The van der Waals surface area contributed by atoms with Crippen LogP contribution in [0.3, 0.4) is 0 Å². The average molecular weight is 419 g/mol. The highest BCUT2D eigenvalue weighted by atomic mass is 19.4. The van der Waals surface area contributed by atoms with Gasteiger partial charge in [0.05, 0.1) is 5.56 Å². The van der Waals surface area contributed by atoms with E-state index < -0.39 is 17.3 Å². The van der Waals surface area contributed by atoms with Crippen molar-refractivity contribution >= 4 is 11.6 Å². The number of alkyl halides is 3. The van der Waals surface area contributed by atoms with Gasteiger partial charge in [-0.2, -0.15) is 13.2 Å². The molecule has 30 heavy (non-hydrogen) atoms. The maximum absolute atomic E-state index is 12.9. The quantitative estimate of drug-likeness (QED) is 0.765. The lowest BCUT2D eigenvalue weighted by Gasteiger charge is -2.34. The average Bonchev–Trinajstić information content (AvgIpc) is 3.12. The molecule has 0 N–H and O–H groups in total. The summed E-state index contributed by atoms with van der Waals surface area (Å²) in [7, 11) is 0. The molecule has 0 aliphatic carbocycles. The Labute approximate surface area is 172 Å². The summed E-state index contributed by atoms with van der Waals surface area (Å²) in [6.45, 7) is 2.72. The van der Waals surface area contributed by atoms with E-state index in [9.17, 15) is 22.8 Å². The predicted molar refractivity (Wildman–Crippen MR) is 107 cm³/mol. The summed E-state index contributed by atoms with van der Waals surface area (Å²) in [5.41, 5.74) is 1.12. The van der Waals surface area contributed by atoms with E-state index in [-0.39, 0.29) is 12.5 Å². The fourth-order valence-corrected chi connectivity index (χ4v) is 4.34. The fraction of sp³-hybridized carbons (Fsp3) is 0.455. The van der Waals surface area contributed by atoms with Crippen LogP contribution in [0.4, 0.5) is 18.9 Å². The number of hydrogen-bond donors (Lipinski definition) is 0. The SMILES string of the molecule is O=C(Cn1cc(C(F)(F)F)ccc1=O)N1CCC(CN2CCc3ccccc32)CC1. The second kappa shape index (κ2) is 8.16. The van der Waals surface area contributed by atoms with Crippen molar-refractivity contribution in [2.45, 2.75) is 32.0 Å². The van der Waals surface area contributed by atoms with E-state index in [2.05, 4.69) is 23.1 Å². The van der Waals surface area contributed by atoms with E-state index in [1.54, 1.807) is 4.90 Å². The number of fused-ring (bicyclic) bond motifs is 1. The van der Waals surface area contributed by atoms with Gasteiger partial charge in [-0.1, -0.05) is 18.2 Å². The Morgan fingerprint density at radius 3 is 2.50 bits per heavy atom. The predicted octanol–water partition coefficient (Wildman–Crippen LogP) is 3.17. The number of likely N-dealkylation sites (tertiary alicyclic amines) is 1. The normalized spacial score (nSPS) is 17.3. The van der Waals surface area contributed by atoms with E-state index in [1.165, 1.54) is 11.3 Å². The van der Waals surface area contributed by atoms with Crippen molar-refractivity contribution in [3.05, 3.63) is 64.1 Å². The molecule has 1 saturated heterocycles. The molecule has 0 saturated carbocycles. The maximum atomic E-state index is 12.9. The number of carbonyl (C=O) groups excluding carboxylic acids is 1. The van der Waals surface area contributed by atoms with Crippen LogP contribution in [-0.2, 0) is 23.9 Å². The van der Waals surface area contributed by atoms with Crippen LogP contribution in [0.2, 0.25) is 0 Å². The van der Waals surface area contributed by atoms with Crippen LogP contribution < -0.4 is 10.5 Å². The van der Waals surface area contributed by atoms with Gasteiger partial charge in [-0.3, -0.25) is 9.59 Å². The van der Waals surface area contributed by atoms with Gasteiger partial charge in [-0.15, -0.1) is 0 Å². The minimum atomic E-state index is -4.55. The minimum absolute atomic E-state index is 0.318. The Morgan fingerprint density at radius 1 is 1.03 bits per heavy atom. The third kappa shape index (κ3) is 4.37. The Balaban J connectivity index is 1.33. The fourth-order valence-electron chi connectivity index (χ4n) is 4.34. The van der Waals surface area contributed by atoms with Gasteiger partial charge in [0.1, 0.15) is 6.54 Å². The topological polar surface area (TPSA) is 45.6 Å². The molecule has 5 nitrogen and oxygen atoms in total. The first-order chi connectivity index (χ1) is 14.3. The molecule has 1 aromatic heterocycles. The highest BCUT2D eigenvalue weighted by Crippen LogP contribution is 2.30. The van der Waals surface area contributed by atoms with Crippen LogP contribution >= 0.6 is 0 Å². The van der Waals surface area contributed by atoms with E-state index in [0.717, 1.165) is 55.2 Å². The van der Waals surface area contributed by atoms with Crippen LogP contribution in [0.15, 0.2) is 47.4 Å². The van der Waals surface area contributed by atoms with Crippen molar-refractivity contribution in [3.8, 4) is 0 Å².